The monoisotopic (exact) mass is 332 g/mol. The summed E-state index contributed by atoms with van der Waals surface area (Å²) in [5, 5.41) is 3.34. The molecular formula is C20H32N2O2. The summed E-state index contributed by atoms with van der Waals surface area (Å²) in [6.07, 6.45) is 0.933. The molecule has 1 heterocycles. The minimum absolute atomic E-state index is 0.0105. The lowest BCUT2D eigenvalue weighted by Gasteiger charge is -2.32. The average Bonchev–Trinajstić information content (AvgIpc) is 2.58. The van der Waals surface area contributed by atoms with E-state index in [0.717, 1.165) is 43.9 Å². The Morgan fingerprint density at radius 3 is 2.54 bits per heavy atom. The molecule has 1 atom stereocenters. The summed E-state index contributed by atoms with van der Waals surface area (Å²) in [4.78, 5) is 15.4. The van der Waals surface area contributed by atoms with Gasteiger partial charge < -0.3 is 10.1 Å². The number of nitrogens with one attached hydrogen (secondary N) is 1. The summed E-state index contributed by atoms with van der Waals surface area (Å²) in [5.41, 5.74) is 1.90. The van der Waals surface area contributed by atoms with Gasteiger partial charge in [0.05, 0.1) is 18.2 Å². The van der Waals surface area contributed by atoms with E-state index in [1.54, 1.807) is 0 Å². The van der Waals surface area contributed by atoms with E-state index in [-0.39, 0.29) is 17.2 Å². The second-order valence-corrected chi connectivity index (χ2v) is 7.64. The Balaban J connectivity index is 2.30. The maximum atomic E-state index is 13.2. The Bertz CT molecular complexity index is 557. The van der Waals surface area contributed by atoms with Crippen LogP contribution in [-0.2, 0) is 5.41 Å². The summed E-state index contributed by atoms with van der Waals surface area (Å²) in [6, 6.07) is 5.96. The number of ether oxygens (including phenoxy) is 1. The molecule has 1 aromatic rings. The predicted octanol–water partition coefficient (Wildman–Crippen LogP) is 3.25. The van der Waals surface area contributed by atoms with Gasteiger partial charge >= 0.3 is 0 Å². The Labute approximate surface area is 146 Å². The lowest BCUT2D eigenvalue weighted by atomic mass is 9.85. The van der Waals surface area contributed by atoms with Gasteiger partial charge in [-0.15, -0.1) is 0 Å². The molecule has 4 heteroatoms. The fraction of sp³-hybridized carbons (Fsp3) is 0.650. The van der Waals surface area contributed by atoms with Gasteiger partial charge in [-0.1, -0.05) is 33.8 Å². The Hall–Kier alpha value is -1.39. The number of piperazine rings is 1. The highest BCUT2D eigenvalue weighted by atomic mass is 16.5. The van der Waals surface area contributed by atoms with Crippen molar-refractivity contribution in [1.82, 2.24) is 10.2 Å². The number of nitrogens with zero attached hydrogens (tertiary/aromatic N) is 1. The second kappa shape index (κ2) is 8.13. The topological polar surface area (TPSA) is 41.6 Å². The minimum atomic E-state index is -0.119. The molecule has 0 radical (unpaired) electrons. The minimum Gasteiger partial charge on any atom is -0.493 e. The van der Waals surface area contributed by atoms with E-state index < -0.39 is 0 Å². The third kappa shape index (κ3) is 4.58. The van der Waals surface area contributed by atoms with Gasteiger partial charge in [-0.05, 0) is 36.5 Å². The van der Waals surface area contributed by atoms with Crippen LogP contribution in [0, 0.1) is 0 Å². The second-order valence-electron chi connectivity index (χ2n) is 7.64. The summed E-state index contributed by atoms with van der Waals surface area (Å²) >= 11 is 0. The largest absolute Gasteiger partial charge is 0.493 e. The van der Waals surface area contributed by atoms with Crippen molar-refractivity contribution in [3.8, 4) is 5.75 Å². The lowest BCUT2D eigenvalue weighted by Crippen LogP contribution is -2.50. The van der Waals surface area contributed by atoms with Gasteiger partial charge in [0.2, 0.25) is 0 Å². The van der Waals surface area contributed by atoms with Crippen LogP contribution < -0.4 is 10.1 Å². The Morgan fingerprint density at radius 1 is 1.29 bits per heavy atom. The van der Waals surface area contributed by atoms with Crippen LogP contribution in [0.3, 0.4) is 0 Å². The number of hydrogen-bond donors (Lipinski definition) is 1. The first-order valence-corrected chi connectivity index (χ1v) is 9.11. The molecule has 1 saturated heterocycles. The van der Waals surface area contributed by atoms with E-state index in [4.69, 9.17) is 4.74 Å². The Morgan fingerprint density at radius 2 is 1.96 bits per heavy atom. The van der Waals surface area contributed by atoms with Gasteiger partial charge in [-0.2, -0.15) is 0 Å². The molecule has 1 fully saturated rings. The first-order chi connectivity index (χ1) is 11.3. The maximum Gasteiger partial charge on any atom is 0.183 e. The molecule has 1 aromatic carbocycles. The number of ketones is 1. The molecule has 0 aromatic heterocycles. The summed E-state index contributed by atoms with van der Waals surface area (Å²) < 4.78 is 5.86. The molecule has 134 valence electrons. The van der Waals surface area contributed by atoms with Crippen LogP contribution in [-0.4, -0.2) is 49.5 Å². The Kier molecular flexibility index (Phi) is 6.41. The molecule has 0 spiro atoms. The van der Waals surface area contributed by atoms with Crippen molar-refractivity contribution < 1.29 is 9.53 Å². The highest BCUT2D eigenvalue weighted by Crippen LogP contribution is 2.29. The van der Waals surface area contributed by atoms with E-state index in [1.165, 1.54) is 5.56 Å². The molecule has 1 aliphatic rings. The van der Waals surface area contributed by atoms with Crippen LogP contribution in [0.2, 0.25) is 0 Å². The summed E-state index contributed by atoms with van der Waals surface area (Å²) in [6.45, 7) is 15.0. The quantitative estimate of drug-likeness (QED) is 0.812. The molecule has 0 aliphatic carbocycles. The van der Waals surface area contributed by atoms with E-state index in [0.29, 0.717) is 6.61 Å². The highest BCUT2D eigenvalue weighted by Gasteiger charge is 2.27. The van der Waals surface area contributed by atoms with E-state index in [9.17, 15) is 4.79 Å². The van der Waals surface area contributed by atoms with Gasteiger partial charge in [0.1, 0.15) is 5.75 Å². The SMILES string of the molecule is CCCOc1ccc(C(C)(C)C)cc1C(=O)C(C)N1CCNCC1. The van der Waals surface area contributed by atoms with Crippen molar-refractivity contribution in [2.75, 3.05) is 32.8 Å². The molecule has 1 aliphatic heterocycles. The zero-order valence-electron chi connectivity index (χ0n) is 15.8. The molecule has 0 bridgehead atoms. The molecule has 1 N–H and O–H groups in total. The molecule has 0 saturated carbocycles. The predicted molar refractivity (Wildman–Crippen MR) is 99.2 cm³/mol. The van der Waals surface area contributed by atoms with Crippen LogP contribution >= 0.6 is 0 Å². The van der Waals surface area contributed by atoms with Crippen LogP contribution in [0.5, 0.6) is 5.75 Å². The molecule has 0 amide bonds. The first kappa shape index (κ1) is 18.9. The normalized spacial score (nSPS) is 17.5. The van der Waals surface area contributed by atoms with Crippen LogP contribution in [0.15, 0.2) is 18.2 Å². The molecule has 1 unspecified atom stereocenters. The van der Waals surface area contributed by atoms with Crippen LogP contribution in [0.1, 0.15) is 57.0 Å². The molecule has 2 rings (SSSR count). The smallest absolute Gasteiger partial charge is 0.183 e. The lowest BCUT2D eigenvalue weighted by molar-refractivity contribution is 0.0816. The van der Waals surface area contributed by atoms with Crippen LogP contribution in [0.25, 0.3) is 0 Å². The summed E-state index contributed by atoms with van der Waals surface area (Å²) in [5.74, 6) is 0.880. The van der Waals surface area contributed by atoms with Gasteiger partial charge in [0.25, 0.3) is 0 Å². The van der Waals surface area contributed by atoms with Gasteiger partial charge in [0.15, 0.2) is 5.78 Å². The fourth-order valence-electron chi connectivity index (χ4n) is 2.99. The standard InChI is InChI=1S/C20H32N2O2/c1-6-13-24-18-8-7-16(20(3,4)5)14-17(18)19(23)15(2)22-11-9-21-10-12-22/h7-8,14-15,21H,6,9-13H2,1-5H3. The third-order valence-electron chi connectivity index (χ3n) is 4.65. The maximum absolute atomic E-state index is 13.2. The number of carbonyl (C=O) groups is 1. The summed E-state index contributed by atoms with van der Waals surface area (Å²) in [7, 11) is 0. The molecule has 24 heavy (non-hydrogen) atoms. The highest BCUT2D eigenvalue weighted by molar-refractivity contribution is 6.02. The van der Waals surface area contributed by atoms with E-state index >= 15 is 0 Å². The molecular weight excluding hydrogens is 300 g/mol. The number of benzene rings is 1. The van der Waals surface area contributed by atoms with Gasteiger partial charge in [-0.3, -0.25) is 9.69 Å². The number of rotatable bonds is 6. The average molecular weight is 332 g/mol. The van der Waals surface area contributed by atoms with Crippen molar-refractivity contribution in [3.63, 3.8) is 0 Å². The van der Waals surface area contributed by atoms with Crippen LogP contribution in [0.4, 0.5) is 0 Å². The number of hydrogen-bond acceptors (Lipinski definition) is 4. The number of carbonyl (C=O) groups excluding carboxylic acids is 1. The third-order valence-corrected chi connectivity index (χ3v) is 4.65. The van der Waals surface area contributed by atoms with Crippen molar-refractivity contribution in [2.24, 2.45) is 0 Å². The van der Waals surface area contributed by atoms with E-state index in [1.807, 2.05) is 19.1 Å². The first-order valence-electron chi connectivity index (χ1n) is 9.11. The zero-order chi connectivity index (χ0) is 17.7. The van der Waals surface area contributed by atoms with Gasteiger partial charge in [-0.25, -0.2) is 0 Å². The van der Waals surface area contributed by atoms with Crippen molar-refractivity contribution in [1.29, 1.82) is 0 Å². The van der Waals surface area contributed by atoms with Crippen molar-refractivity contribution in [3.05, 3.63) is 29.3 Å². The fourth-order valence-corrected chi connectivity index (χ4v) is 2.99. The van der Waals surface area contributed by atoms with E-state index in [2.05, 4.69) is 44.0 Å². The van der Waals surface area contributed by atoms with Crippen molar-refractivity contribution in [2.45, 2.75) is 52.5 Å². The van der Waals surface area contributed by atoms with Crippen molar-refractivity contribution >= 4 is 5.78 Å². The zero-order valence-corrected chi connectivity index (χ0v) is 15.8. The van der Waals surface area contributed by atoms with Gasteiger partial charge in [0, 0.05) is 26.2 Å². The number of Topliss-reactive ketones (excluding diaryl/α,β-unsaturated/α-hetero) is 1. The molecule has 4 nitrogen and oxygen atoms in total.